The van der Waals surface area contributed by atoms with Crippen LogP contribution in [0.4, 0.5) is 17.2 Å². The van der Waals surface area contributed by atoms with Gasteiger partial charge in [0, 0.05) is 35.7 Å². The van der Waals surface area contributed by atoms with Gasteiger partial charge in [-0.15, -0.1) is 0 Å². The van der Waals surface area contributed by atoms with E-state index in [1.54, 1.807) is 55.5 Å². The number of benzene rings is 3. The minimum atomic E-state index is -0.708. The Morgan fingerprint density at radius 1 is 1.03 bits per heavy atom. The minimum absolute atomic E-state index is 0.173. The Hall–Kier alpha value is -4.67. The fourth-order valence-electron chi connectivity index (χ4n) is 4.59. The number of ether oxygens (including phenoxy) is 1. The Kier molecular flexibility index (Phi) is 6.12. The summed E-state index contributed by atoms with van der Waals surface area (Å²) in [6.07, 6.45) is 0. The fourth-order valence-corrected chi connectivity index (χ4v) is 4.77. The first-order chi connectivity index (χ1) is 17.8. The molecule has 0 aliphatic carbocycles. The Labute approximate surface area is 218 Å². The van der Waals surface area contributed by atoms with Gasteiger partial charge in [-0.1, -0.05) is 54.1 Å². The first kappa shape index (κ1) is 24.0. The molecule has 8 heteroatoms. The quantitative estimate of drug-likeness (QED) is 0.341. The van der Waals surface area contributed by atoms with Crippen molar-refractivity contribution in [1.82, 2.24) is 4.57 Å². The van der Waals surface area contributed by atoms with Gasteiger partial charge in [0.25, 0.3) is 5.56 Å². The summed E-state index contributed by atoms with van der Waals surface area (Å²) < 4.78 is 6.30. The summed E-state index contributed by atoms with van der Waals surface area (Å²) in [5.41, 5.74) is 3.20. The zero-order chi connectivity index (χ0) is 26.3. The van der Waals surface area contributed by atoms with Crippen LogP contribution in [0.1, 0.15) is 28.4 Å². The first-order valence-corrected chi connectivity index (χ1v) is 11.8. The number of methoxy groups -OCH3 is 1. The van der Waals surface area contributed by atoms with Crippen LogP contribution in [0.15, 0.2) is 82.6 Å². The highest BCUT2D eigenvalue weighted by molar-refractivity contribution is 6.32. The molecule has 182 valence electrons. The molecule has 1 aromatic heterocycles. The smallest absolute Gasteiger partial charge is 0.277 e. The van der Waals surface area contributed by atoms with Crippen LogP contribution in [-0.4, -0.2) is 30.3 Å². The predicted molar refractivity (Wildman–Crippen MR) is 145 cm³/mol. The second-order valence-corrected chi connectivity index (χ2v) is 8.91. The van der Waals surface area contributed by atoms with E-state index in [0.29, 0.717) is 39.0 Å². The van der Waals surface area contributed by atoms with Crippen LogP contribution >= 0.6 is 11.6 Å². The highest BCUT2D eigenvalue weighted by atomic mass is 35.5. The maximum Gasteiger partial charge on any atom is 0.277 e. The third kappa shape index (κ3) is 3.98. The number of anilines is 2. The number of hydrogen-bond acceptors (Lipinski definition) is 6. The number of carbonyl (C=O) groups excluding carboxylic acids is 1. The molecule has 0 radical (unpaired) electrons. The van der Waals surface area contributed by atoms with E-state index < -0.39 is 11.5 Å². The number of rotatable bonds is 3. The van der Waals surface area contributed by atoms with Crippen LogP contribution in [0, 0.1) is 11.3 Å². The summed E-state index contributed by atoms with van der Waals surface area (Å²) in [4.78, 5) is 33.3. The predicted octanol–water partition coefficient (Wildman–Crippen LogP) is 5.96. The van der Waals surface area contributed by atoms with Crippen LogP contribution in [0.2, 0.25) is 5.02 Å². The van der Waals surface area contributed by atoms with Crippen molar-refractivity contribution in [3.8, 4) is 22.9 Å². The number of nitrogens with zero attached hydrogens (tertiary/aromatic N) is 4. The van der Waals surface area contributed by atoms with Crippen molar-refractivity contribution in [3.05, 3.63) is 105 Å². The molecule has 7 nitrogen and oxygen atoms in total. The molecule has 1 aliphatic heterocycles. The van der Waals surface area contributed by atoms with Gasteiger partial charge in [0.05, 0.1) is 18.5 Å². The largest absolute Gasteiger partial charge is 0.497 e. The van der Waals surface area contributed by atoms with Crippen LogP contribution < -0.4 is 15.2 Å². The molecule has 0 saturated heterocycles. The third-order valence-corrected chi connectivity index (χ3v) is 6.53. The molecule has 0 fully saturated rings. The number of halogens is 1. The highest BCUT2D eigenvalue weighted by Gasteiger charge is 2.31. The van der Waals surface area contributed by atoms with E-state index >= 15 is 0 Å². The lowest BCUT2D eigenvalue weighted by molar-refractivity contribution is 0.0934. The van der Waals surface area contributed by atoms with Gasteiger partial charge in [-0.2, -0.15) is 5.26 Å². The SMILES string of the molecule is COc1ccc(-c2c3c(n(C(C)=O)c(=O)c2C#N)N(C)c2ccc(Cl)cc2C(c2ccccc2)=N3)cc1. The van der Waals surface area contributed by atoms with Crippen molar-refractivity contribution in [3.63, 3.8) is 0 Å². The number of nitriles is 1. The molecule has 2 heterocycles. The average Bonchev–Trinajstić information content (AvgIpc) is 3.02. The molecule has 0 unspecified atom stereocenters. The minimum Gasteiger partial charge on any atom is -0.497 e. The summed E-state index contributed by atoms with van der Waals surface area (Å²) in [6.45, 7) is 1.29. The normalized spacial score (nSPS) is 12.1. The number of fused-ring (bicyclic) bond motifs is 2. The molecule has 1 aliphatic rings. The second-order valence-electron chi connectivity index (χ2n) is 8.47. The van der Waals surface area contributed by atoms with Crippen molar-refractivity contribution in [2.24, 2.45) is 4.99 Å². The molecule has 0 spiro atoms. The van der Waals surface area contributed by atoms with E-state index in [-0.39, 0.29) is 11.4 Å². The molecule has 4 aromatic rings. The summed E-state index contributed by atoms with van der Waals surface area (Å²) in [5, 5.41) is 10.6. The van der Waals surface area contributed by atoms with E-state index in [2.05, 4.69) is 0 Å². The zero-order valence-electron chi connectivity index (χ0n) is 20.3. The third-order valence-electron chi connectivity index (χ3n) is 6.30. The lowest BCUT2D eigenvalue weighted by atomic mass is 9.98. The molecule has 37 heavy (non-hydrogen) atoms. The molecule has 0 bridgehead atoms. The van der Waals surface area contributed by atoms with E-state index in [9.17, 15) is 14.9 Å². The Morgan fingerprint density at radius 3 is 2.35 bits per heavy atom. The molecule has 0 amide bonds. The van der Waals surface area contributed by atoms with Gasteiger partial charge in [-0.25, -0.2) is 9.56 Å². The molecule has 5 rings (SSSR count). The van der Waals surface area contributed by atoms with Crippen LogP contribution in [0.5, 0.6) is 5.75 Å². The van der Waals surface area contributed by atoms with Gasteiger partial charge < -0.3 is 9.64 Å². The number of aromatic nitrogens is 1. The van der Waals surface area contributed by atoms with E-state index in [4.69, 9.17) is 21.3 Å². The van der Waals surface area contributed by atoms with Gasteiger partial charge in [-0.3, -0.25) is 9.59 Å². The van der Waals surface area contributed by atoms with Gasteiger partial charge >= 0.3 is 0 Å². The lowest BCUT2D eigenvalue weighted by Crippen LogP contribution is -2.32. The van der Waals surface area contributed by atoms with E-state index in [0.717, 1.165) is 15.7 Å². The molecule has 0 N–H and O–H groups in total. The molecular weight excluding hydrogens is 488 g/mol. The van der Waals surface area contributed by atoms with Crippen molar-refractivity contribution in [1.29, 1.82) is 5.26 Å². The Balaban J connectivity index is 2.00. The molecule has 0 saturated carbocycles. The van der Waals surface area contributed by atoms with Crippen LogP contribution in [0.3, 0.4) is 0 Å². The van der Waals surface area contributed by atoms with Crippen molar-refractivity contribution in [2.45, 2.75) is 6.92 Å². The maximum atomic E-state index is 13.6. The van der Waals surface area contributed by atoms with Crippen molar-refractivity contribution >= 4 is 40.4 Å². The molecule has 3 aromatic carbocycles. The summed E-state index contributed by atoms with van der Waals surface area (Å²) in [6, 6.07) is 24.0. The van der Waals surface area contributed by atoms with E-state index in [1.807, 2.05) is 42.5 Å². The average molecular weight is 509 g/mol. The van der Waals surface area contributed by atoms with Gasteiger partial charge in [0.1, 0.15) is 28.9 Å². The topological polar surface area (TPSA) is 87.7 Å². The lowest BCUT2D eigenvalue weighted by Gasteiger charge is -2.25. The van der Waals surface area contributed by atoms with Crippen molar-refractivity contribution < 1.29 is 9.53 Å². The van der Waals surface area contributed by atoms with Gasteiger partial charge in [0.2, 0.25) is 5.91 Å². The van der Waals surface area contributed by atoms with Crippen molar-refractivity contribution in [2.75, 3.05) is 19.1 Å². The first-order valence-electron chi connectivity index (χ1n) is 11.4. The summed E-state index contributed by atoms with van der Waals surface area (Å²) >= 11 is 6.41. The standard InChI is InChI=1S/C29H21ClN4O3/c1-17(35)34-28-27(25(23(16-31)29(34)36)18-9-12-21(37-3)13-10-18)32-26(19-7-5-4-6-8-19)22-15-20(30)11-14-24(22)33(28)2/h4-15H,1-3H3. The monoisotopic (exact) mass is 508 g/mol. The Bertz CT molecular complexity index is 1680. The summed E-state index contributed by atoms with van der Waals surface area (Å²) in [7, 11) is 3.32. The molecular formula is C29H21ClN4O3. The fraction of sp³-hybridized carbons (Fsp3) is 0.103. The van der Waals surface area contributed by atoms with Crippen LogP contribution in [-0.2, 0) is 0 Å². The number of hydrogen-bond donors (Lipinski definition) is 0. The Morgan fingerprint density at radius 2 is 1.73 bits per heavy atom. The van der Waals surface area contributed by atoms with Crippen LogP contribution in [0.25, 0.3) is 11.1 Å². The number of carbonyl (C=O) groups is 1. The van der Waals surface area contributed by atoms with Gasteiger partial charge in [-0.05, 0) is 35.9 Å². The second kappa shape index (κ2) is 9.41. The zero-order valence-corrected chi connectivity index (χ0v) is 21.1. The highest BCUT2D eigenvalue weighted by Crippen LogP contribution is 2.46. The number of pyridine rings is 1. The van der Waals surface area contributed by atoms with Gasteiger partial charge in [0.15, 0.2) is 0 Å². The maximum absolute atomic E-state index is 13.6. The summed E-state index contributed by atoms with van der Waals surface area (Å²) in [5.74, 6) is 0.356. The van der Waals surface area contributed by atoms with E-state index in [1.165, 1.54) is 6.92 Å². The number of aliphatic imine (C=N–C) groups is 1. The molecule has 0 atom stereocenters.